The number of thiazole rings is 1. The fraction of sp³-hybridized carbons (Fsp3) is 0.154. The summed E-state index contributed by atoms with van der Waals surface area (Å²) in [6.45, 7) is 0.501. The highest BCUT2D eigenvalue weighted by Gasteiger charge is 2.12. The second-order valence-electron chi connectivity index (χ2n) is 4.30. The van der Waals surface area contributed by atoms with Crippen LogP contribution in [0.3, 0.4) is 0 Å². The lowest BCUT2D eigenvalue weighted by molar-refractivity contribution is -0.380. The number of hydrogen-bond acceptors (Lipinski definition) is 8. The first-order valence-electron chi connectivity index (χ1n) is 6.44. The van der Waals surface area contributed by atoms with E-state index in [1.807, 2.05) is 30.3 Å². The van der Waals surface area contributed by atoms with E-state index in [4.69, 9.17) is 4.42 Å². The molecule has 0 unspecified atom stereocenters. The first-order chi connectivity index (χ1) is 10.7. The van der Waals surface area contributed by atoms with Gasteiger partial charge in [-0.05, 0) is 23.5 Å². The fourth-order valence-corrected chi connectivity index (χ4v) is 2.42. The minimum absolute atomic E-state index is 0.00616. The highest BCUT2D eigenvalue weighted by atomic mass is 32.1. The number of rotatable bonds is 6. The molecule has 0 aliphatic carbocycles. The van der Waals surface area contributed by atoms with Gasteiger partial charge in [0.25, 0.3) is 0 Å². The van der Waals surface area contributed by atoms with Crippen molar-refractivity contribution in [3.05, 3.63) is 52.5 Å². The Morgan fingerprint density at radius 1 is 1.27 bits per heavy atom. The average Bonchev–Trinajstić information content (AvgIpc) is 3.18. The molecule has 9 heteroatoms. The van der Waals surface area contributed by atoms with Gasteiger partial charge >= 0.3 is 5.00 Å². The van der Waals surface area contributed by atoms with Gasteiger partial charge in [-0.3, -0.25) is 10.1 Å². The van der Waals surface area contributed by atoms with Gasteiger partial charge in [0, 0.05) is 18.5 Å². The molecule has 112 valence electrons. The van der Waals surface area contributed by atoms with Gasteiger partial charge in [-0.1, -0.05) is 18.2 Å². The summed E-state index contributed by atoms with van der Waals surface area (Å²) in [6.07, 6.45) is 1.74. The van der Waals surface area contributed by atoms with Crippen molar-refractivity contribution in [1.82, 2.24) is 15.2 Å². The van der Waals surface area contributed by atoms with E-state index >= 15 is 0 Å². The number of nitrogens with zero attached hydrogens (tertiary/aromatic N) is 4. The van der Waals surface area contributed by atoms with Crippen molar-refractivity contribution in [3.8, 4) is 11.5 Å². The number of hydrogen-bond donors (Lipinski definition) is 1. The zero-order valence-electron chi connectivity index (χ0n) is 11.3. The van der Waals surface area contributed by atoms with E-state index in [-0.39, 0.29) is 5.00 Å². The molecule has 0 atom stereocenters. The summed E-state index contributed by atoms with van der Waals surface area (Å²) in [5.41, 5.74) is 0.866. The SMILES string of the molecule is O=[N+]([O-])c1cnc(NCCc2nnc(-c3ccccc3)o2)s1. The van der Waals surface area contributed by atoms with E-state index in [1.54, 1.807) is 0 Å². The van der Waals surface area contributed by atoms with Crippen LogP contribution in [-0.4, -0.2) is 26.6 Å². The fourth-order valence-electron chi connectivity index (χ4n) is 1.76. The molecule has 3 rings (SSSR count). The molecule has 0 saturated heterocycles. The third-order valence-corrected chi connectivity index (χ3v) is 3.68. The topological polar surface area (TPSA) is 107 Å². The molecule has 0 radical (unpaired) electrons. The number of nitro groups is 1. The normalized spacial score (nSPS) is 10.5. The molecule has 1 N–H and O–H groups in total. The van der Waals surface area contributed by atoms with Crippen LogP contribution in [0.4, 0.5) is 10.1 Å². The third-order valence-electron chi connectivity index (χ3n) is 2.78. The van der Waals surface area contributed by atoms with Gasteiger partial charge in [0.1, 0.15) is 6.20 Å². The molecular formula is C13H11N5O3S. The summed E-state index contributed by atoms with van der Waals surface area (Å²) in [5.74, 6) is 0.970. The molecule has 3 aromatic rings. The van der Waals surface area contributed by atoms with Crippen LogP contribution >= 0.6 is 11.3 Å². The standard InChI is InChI=1S/C13H11N5O3S/c19-18(20)11-8-15-13(22-11)14-7-6-10-16-17-12(21-10)9-4-2-1-3-5-9/h1-5,8H,6-7H2,(H,14,15). The molecule has 0 saturated carbocycles. The predicted molar refractivity (Wildman–Crippen MR) is 80.7 cm³/mol. The van der Waals surface area contributed by atoms with Crippen LogP contribution in [0, 0.1) is 10.1 Å². The Balaban J connectivity index is 1.56. The summed E-state index contributed by atoms with van der Waals surface area (Å²) in [7, 11) is 0. The lowest BCUT2D eigenvalue weighted by Gasteiger charge is -1.98. The van der Waals surface area contributed by atoms with E-state index in [0.717, 1.165) is 16.9 Å². The Morgan fingerprint density at radius 3 is 2.82 bits per heavy atom. The summed E-state index contributed by atoms with van der Waals surface area (Å²) < 4.78 is 5.56. The zero-order chi connectivity index (χ0) is 15.4. The first kappa shape index (κ1) is 14.1. The summed E-state index contributed by atoms with van der Waals surface area (Å²) in [4.78, 5) is 14.0. The minimum atomic E-state index is -0.465. The summed E-state index contributed by atoms with van der Waals surface area (Å²) in [5, 5.41) is 22.0. The maximum absolute atomic E-state index is 10.6. The lowest BCUT2D eigenvalue weighted by atomic mass is 10.2. The summed E-state index contributed by atoms with van der Waals surface area (Å²) >= 11 is 0.990. The highest BCUT2D eigenvalue weighted by Crippen LogP contribution is 2.24. The molecule has 2 heterocycles. The Bertz CT molecular complexity index is 771. The van der Waals surface area contributed by atoms with Gasteiger partial charge in [-0.25, -0.2) is 4.98 Å². The highest BCUT2D eigenvalue weighted by molar-refractivity contribution is 7.18. The largest absolute Gasteiger partial charge is 0.421 e. The predicted octanol–water partition coefficient (Wildman–Crippen LogP) is 2.76. The van der Waals surface area contributed by atoms with Crippen molar-refractivity contribution >= 4 is 21.5 Å². The second kappa shape index (κ2) is 6.31. The molecule has 0 spiro atoms. The van der Waals surface area contributed by atoms with E-state index in [9.17, 15) is 10.1 Å². The smallest absolute Gasteiger partial charge is 0.345 e. The molecule has 0 bridgehead atoms. The Kier molecular flexibility index (Phi) is 4.05. The van der Waals surface area contributed by atoms with Gasteiger partial charge in [-0.2, -0.15) is 0 Å². The second-order valence-corrected chi connectivity index (χ2v) is 5.31. The molecule has 0 fully saturated rings. The van der Waals surface area contributed by atoms with E-state index in [0.29, 0.717) is 29.9 Å². The van der Waals surface area contributed by atoms with Crippen molar-refractivity contribution in [1.29, 1.82) is 0 Å². The molecule has 0 aliphatic heterocycles. The zero-order valence-corrected chi connectivity index (χ0v) is 12.1. The third kappa shape index (κ3) is 3.26. The van der Waals surface area contributed by atoms with E-state index in [1.165, 1.54) is 6.20 Å². The number of aromatic nitrogens is 3. The van der Waals surface area contributed by atoms with Crippen molar-refractivity contribution in [2.45, 2.75) is 6.42 Å². The monoisotopic (exact) mass is 317 g/mol. The Labute approximate surface area is 129 Å². The summed E-state index contributed by atoms with van der Waals surface area (Å²) in [6, 6.07) is 9.50. The molecule has 0 amide bonds. The van der Waals surface area contributed by atoms with Crippen LogP contribution in [0.25, 0.3) is 11.5 Å². The van der Waals surface area contributed by atoms with Crippen LogP contribution < -0.4 is 5.32 Å². The van der Waals surface area contributed by atoms with Gasteiger partial charge in [0.05, 0.1) is 4.92 Å². The van der Waals surface area contributed by atoms with E-state index < -0.39 is 4.92 Å². The van der Waals surface area contributed by atoms with Crippen molar-refractivity contribution in [2.75, 3.05) is 11.9 Å². The van der Waals surface area contributed by atoms with Crippen LogP contribution in [0.1, 0.15) is 5.89 Å². The maximum Gasteiger partial charge on any atom is 0.345 e. The minimum Gasteiger partial charge on any atom is -0.421 e. The van der Waals surface area contributed by atoms with Crippen LogP contribution in [0.2, 0.25) is 0 Å². The number of nitrogens with one attached hydrogen (secondary N) is 1. The van der Waals surface area contributed by atoms with E-state index in [2.05, 4.69) is 20.5 Å². The molecular weight excluding hydrogens is 306 g/mol. The lowest BCUT2D eigenvalue weighted by Crippen LogP contribution is -2.04. The van der Waals surface area contributed by atoms with Crippen molar-refractivity contribution in [2.24, 2.45) is 0 Å². The van der Waals surface area contributed by atoms with Crippen LogP contribution in [0.5, 0.6) is 0 Å². The molecule has 1 aromatic carbocycles. The van der Waals surface area contributed by atoms with Crippen LogP contribution in [0.15, 0.2) is 40.9 Å². The van der Waals surface area contributed by atoms with Gasteiger partial charge in [0.2, 0.25) is 11.8 Å². The van der Waals surface area contributed by atoms with Gasteiger partial charge < -0.3 is 9.73 Å². The maximum atomic E-state index is 10.6. The Hall–Kier alpha value is -2.81. The molecule has 2 aromatic heterocycles. The number of anilines is 1. The Morgan fingerprint density at radius 2 is 2.09 bits per heavy atom. The van der Waals surface area contributed by atoms with Crippen molar-refractivity contribution < 1.29 is 9.34 Å². The van der Waals surface area contributed by atoms with Gasteiger partial charge in [-0.15, -0.1) is 10.2 Å². The average molecular weight is 317 g/mol. The van der Waals surface area contributed by atoms with Gasteiger partial charge in [0.15, 0.2) is 5.13 Å². The van der Waals surface area contributed by atoms with Crippen molar-refractivity contribution in [3.63, 3.8) is 0 Å². The quantitative estimate of drug-likeness (QED) is 0.550. The first-order valence-corrected chi connectivity index (χ1v) is 7.26. The number of benzene rings is 1. The van der Waals surface area contributed by atoms with Crippen LogP contribution in [-0.2, 0) is 6.42 Å². The molecule has 8 nitrogen and oxygen atoms in total. The molecule has 0 aliphatic rings. The molecule has 22 heavy (non-hydrogen) atoms.